The number of halogens is 4. The third-order valence-corrected chi connectivity index (χ3v) is 4.81. The first-order chi connectivity index (χ1) is 12.1. The van der Waals surface area contributed by atoms with Crippen molar-refractivity contribution in [1.82, 2.24) is 10.3 Å². The van der Waals surface area contributed by atoms with Gasteiger partial charge in [-0.1, -0.05) is 29.3 Å². The Labute approximate surface area is 159 Å². The van der Waals surface area contributed by atoms with E-state index in [0.717, 1.165) is 12.1 Å². The predicted molar refractivity (Wildman–Crippen MR) is 93.9 cm³/mol. The van der Waals surface area contributed by atoms with Crippen molar-refractivity contribution in [2.24, 2.45) is 0 Å². The first-order valence-electron chi connectivity index (χ1n) is 7.94. The molecule has 0 spiro atoms. The number of nitrogens with zero attached hydrogens (tertiary/aromatic N) is 1. The van der Waals surface area contributed by atoms with Crippen molar-refractivity contribution >= 4 is 29.1 Å². The molecule has 0 radical (unpaired) electrons. The lowest BCUT2D eigenvalue weighted by Gasteiger charge is -2.25. The van der Waals surface area contributed by atoms with Crippen molar-refractivity contribution < 1.29 is 18.7 Å². The maximum Gasteiger partial charge on any atom is 0.223 e. The number of carbonyl (C=O) groups is 1. The van der Waals surface area contributed by atoms with Crippen LogP contribution < -0.4 is 5.32 Å². The number of hydrogen-bond acceptors (Lipinski definition) is 3. The van der Waals surface area contributed by atoms with E-state index in [0.29, 0.717) is 29.6 Å². The van der Waals surface area contributed by atoms with Crippen molar-refractivity contribution in [2.75, 3.05) is 0 Å². The van der Waals surface area contributed by atoms with Crippen LogP contribution >= 0.6 is 23.2 Å². The molecule has 2 aromatic rings. The van der Waals surface area contributed by atoms with Gasteiger partial charge in [-0.15, -0.1) is 0 Å². The molecule has 1 saturated carbocycles. The molecule has 8 heteroatoms. The van der Waals surface area contributed by atoms with Gasteiger partial charge < -0.3 is 10.4 Å². The minimum atomic E-state index is -1.79. The van der Waals surface area contributed by atoms with E-state index < -0.39 is 35.1 Å². The van der Waals surface area contributed by atoms with E-state index in [1.165, 1.54) is 13.0 Å². The molecule has 1 aliphatic carbocycles. The highest BCUT2D eigenvalue weighted by molar-refractivity contribution is 6.33. The second-order valence-electron chi connectivity index (χ2n) is 6.70. The molecule has 1 heterocycles. The van der Waals surface area contributed by atoms with Crippen molar-refractivity contribution in [3.63, 3.8) is 0 Å². The Hall–Kier alpha value is -1.76. The number of amides is 1. The summed E-state index contributed by atoms with van der Waals surface area (Å²) in [7, 11) is 0. The second kappa shape index (κ2) is 6.76. The average molecular weight is 401 g/mol. The maximum atomic E-state index is 13.9. The summed E-state index contributed by atoms with van der Waals surface area (Å²) in [5, 5.41) is 14.0. The summed E-state index contributed by atoms with van der Waals surface area (Å²) in [5.41, 5.74) is -2.10. The van der Waals surface area contributed by atoms with Crippen LogP contribution in [0.25, 0.3) is 0 Å². The van der Waals surface area contributed by atoms with Gasteiger partial charge in [0.15, 0.2) is 0 Å². The molecule has 1 aromatic heterocycles. The van der Waals surface area contributed by atoms with E-state index in [-0.39, 0.29) is 10.7 Å². The van der Waals surface area contributed by atoms with E-state index in [9.17, 15) is 18.7 Å². The summed E-state index contributed by atoms with van der Waals surface area (Å²) < 4.78 is 27.0. The smallest absolute Gasteiger partial charge is 0.223 e. The fraction of sp³-hybridized carbons (Fsp3) is 0.333. The molecule has 0 aliphatic heterocycles. The quantitative estimate of drug-likeness (QED) is 0.743. The summed E-state index contributed by atoms with van der Waals surface area (Å²) in [5.74, 6) is -2.16. The molecule has 1 amide bonds. The fourth-order valence-electron chi connectivity index (χ4n) is 2.93. The van der Waals surface area contributed by atoms with E-state index in [4.69, 9.17) is 23.2 Å². The van der Waals surface area contributed by atoms with E-state index in [2.05, 4.69) is 10.3 Å². The predicted octanol–water partition coefficient (Wildman–Crippen LogP) is 4.07. The molecule has 1 unspecified atom stereocenters. The normalized spacial score (nSPS) is 17.5. The van der Waals surface area contributed by atoms with Gasteiger partial charge in [-0.3, -0.25) is 4.79 Å². The van der Waals surface area contributed by atoms with Crippen LogP contribution in [0.2, 0.25) is 10.2 Å². The van der Waals surface area contributed by atoms with Gasteiger partial charge in [0.05, 0.1) is 23.3 Å². The van der Waals surface area contributed by atoms with Gasteiger partial charge in [-0.2, -0.15) is 0 Å². The van der Waals surface area contributed by atoms with Crippen LogP contribution in [0.5, 0.6) is 0 Å². The first-order valence-corrected chi connectivity index (χ1v) is 8.69. The van der Waals surface area contributed by atoms with Crippen molar-refractivity contribution in [3.05, 3.63) is 63.4 Å². The van der Waals surface area contributed by atoms with Crippen LogP contribution in [0.3, 0.4) is 0 Å². The first kappa shape index (κ1) is 19.0. The molecule has 26 heavy (non-hydrogen) atoms. The lowest BCUT2D eigenvalue weighted by Crippen LogP contribution is -2.39. The molecular weight excluding hydrogens is 385 g/mol. The summed E-state index contributed by atoms with van der Waals surface area (Å²) >= 11 is 11.9. The summed E-state index contributed by atoms with van der Waals surface area (Å²) in [6.45, 7) is 1.30. The van der Waals surface area contributed by atoms with Crippen LogP contribution in [0.15, 0.2) is 30.3 Å². The van der Waals surface area contributed by atoms with Gasteiger partial charge in [-0.05, 0) is 38.0 Å². The Morgan fingerprint density at radius 3 is 2.58 bits per heavy atom. The summed E-state index contributed by atoms with van der Waals surface area (Å²) in [4.78, 5) is 16.6. The molecule has 138 valence electrons. The number of carbonyl (C=O) groups excluding carboxylic acids is 1. The summed E-state index contributed by atoms with van der Waals surface area (Å²) in [6, 6.07) is 5.95. The third-order valence-electron chi connectivity index (χ3n) is 4.39. The topological polar surface area (TPSA) is 62.2 Å². The number of aromatic nitrogens is 1. The van der Waals surface area contributed by atoms with Crippen LogP contribution in [0.4, 0.5) is 8.78 Å². The van der Waals surface area contributed by atoms with E-state index >= 15 is 0 Å². The lowest BCUT2D eigenvalue weighted by atomic mass is 9.91. The van der Waals surface area contributed by atoms with Crippen LogP contribution in [-0.4, -0.2) is 16.0 Å². The summed E-state index contributed by atoms with van der Waals surface area (Å²) in [6.07, 6.45) is 0.899. The van der Waals surface area contributed by atoms with Gasteiger partial charge in [0.2, 0.25) is 5.91 Å². The Kier molecular flexibility index (Phi) is 4.94. The molecule has 2 N–H and O–H groups in total. The molecule has 1 aromatic carbocycles. The molecule has 4 nitrogen and oxygen atoms in total. The fourth-order valence-corrected chi connectivity index (χ4v) is 3.40. The third kappa shape index (κ3) is 3.98. The Morgan fingerprint density at radius 2 is 2.00 bits per heavy atom. The van der Waals surface area contributed by atoms with Crippen LogP contribution in [0.1, 0.15) is 37.4 Å². The second-order valence-corrected chi connectivity index (χ2v) is 7.52. The molecule has 1 atom stereocenters. The highest BCUT2D eigenvalue weighted by atomic mass is 35.5. The molecule has 1 fully saturated rings. The van der Waals surface area contributed by atoms with Crippen LogP contribution in [-0.2, 0) is 15.9 Å². The van der Waals surface area contributed by atoms with E-state index in [1.54, 1.807) is 6.07 Å². The molecule has 1 aliphatic rings. The number of rotatable bonds is 5. The van der Waals surface area contributed by atoms with Crippen molar-refractivity contribution in [2.45, 2.75) is 37.3 Å². The zero-order valence-electron chi connectivity index (χ0n) is 13.8. The zero-order chi connectivity index (χ0) is 19.1. The van der Waals surface area contributed by atoms with Gasteiger partial charge >= 0.3 is 0 Å². The maximum absolute atomic E-state index is 13.9. The Balaban J connectivity index is 1.76. The molecule has 3 rings (SSSR count). The molecule has 0 saturated heterocycles. The standard InChI is InChI=1S/C18H16Cl2F2N2O2/c1-17(26,12-3-2-11(21)8-13(12)22)9-16(25)24-18(4-5-18)14-6-10(19)7-15(20)23-14/h2-3,6-8,26H,4-5,9H2,1H3,(H,24,25). The number of benzene rings is 1. The average Bonchev–Trinajstić information content (AvgIpc) is 3.25. The Bertz CT molecular complexity index is 850. The van der Waals surface area contributed by atoms with Gasteiger partial charge in [-0.25, -0.2) is 13.8 Å². The van der Waals surface area contributed by atoms with E-state index in [1.807, 2.05) is 0 Å². The van der Waals surface area contributed by atoms with Crippen molar-refractivity contribution in [3.8, 4) is 0 Å². The minimum Gasteiger partial charge on any atom is -0.385 e. The highest BCUT2D eigenvalue weighted by Gasteiger charge is 2.48. The minimum absolute atomic E-state index is 0.150. The Morgan fingerprint density at radius 1 is 1.31 bits per heavy atom. The highest BCUT2D eigenvalue weighted by Crippen LogP contribution is 2.46. The van der Waals surface area contributed by atoms with Gasteiger partial charge in [0, 0.05) is 16.7 Å². The number of aliphatic hydroxyl groups is 1. The molecular formula is C18H16Cl2F2N2O2. The zero-order valence-corrected chi connectivity index (χ0v) is 15.3. The van der Waals surface area contributed by atoms with Gasteiger partial charge in [0.1, 0.15) is 16.8 Å². The van der Waals surface area contributed by atoms with Crippen LogP contribution in [0, 0.1) is 11.6 Å². The SMILES string of the molecule is CC(O)(CC(=O)NC1(c2cc(Cl)cc(Cl)n2)CC1)c1ccc(F)cc1F. The number of pyridine rings is 1. The van der Waals surface area contributed by atoms with Gasteiger partial charge in [0.25, 0.3) is 0 Å². The monoisotopic (exact) mass is 400 g/mol. The molecule has 0 bridgehead atoms. The number of hydrogen-bond donors (Lipinski definition) is 2. The number of nitrogens with one attached hydrogen (secondary N) is 1. The van der Waals surface area contributed by atoms with Crippen molar-refractivity contribution in [1.29, 1.82) is 0 Å². The lowest BCUT2D eigenvalue weighted by molar-refractivity contribution is -0.127. The largest absolute Gasteiger partial charge is 0.385 e.